The van der Waals surface area contributed by atoms with E-state index in [0.29, 0.717) is 51.8 Å². The fourth-order valence-corrected chi connectivity index (χ4v) is 2.27. The second-order valence-corrected chi connectivity index (χ2v) is 7.19. The summed E-state index contributed by atoms with van der Waals surface area (Å²) in [6, 6.07) is -0.898. The third kappa shape index (κ3) is 14.0. The van der Waals surface area contributed by atoms with Gasteiger partial charge in [-0.15, -0.1) is 0 Å². The molecule has 0 aromatic heterocycles. The van der Waals surface area contributed by atoms with Crippen LogP contribution in [0.15, 0.2) is 0 Å². The molecular weight excluding hydrogens is 366 g/mol. The van der Waals surface area contributed by atoms with Crippen LogP contribution in [0.1, 0.15) is 65.7 Å². The summed E-state index contributed by atoms with van der Waals surface area (Å²) in [6.45, 7) is 7.38. The molecule has 0 saturated carbocycles. The Morgan fingerprint density at radius 3 is 2.18 bits per heavy atom. The lowest BCUT2D eigenvalue weighted by molar-refractivity contribution is -0.140. The van der Waals surface area contributed by atoms with Crippen LogP contribution in [-0.2, 0) is 23.9 Å². The zero-order valence-corrected chi connectivity index (χ0v) is 17.2. The van der Waals surface area contributed by atoms with Crippen LogP contribution >= 0.6 is 0 Å². The molecule has 0 aromatic carbocycles. The van der Waals surface area contributed by atoms with Crippen LogP contribution in [0.2, 0.25) is 0 Å². The summed E-state index contributed by atoms with van der Waals surface area (Å²) >= 11 is 0. The van der Waals surface area contributed by atoms with Gasteiger partial charge in [-0.05, 0) is 46.0 Å². The van der Waals surface area contributed by atoms with Gasteiger partial charge in [0.05, 0.1) is 12.2 Å². The highest BCUT2D eigenvalue weighted by atomic mass is 16.5. The fourth-order valence-electron chi connectivity index (χ4n) is 2.27. The summed E-state index contributed by atoms with van der Waals surface area (Å²) in [7, 11) is 0. The summed E-state index contributed by atoms with van der Waals surface area (Å²) in [5.41, 5.74) is -0.192. The third-order valence-electron chi connectivity index (χ3n) is 4.39. The van der Waals surface area contributed by atoms with Gasteiger partial charge in [-0.3, -0.25) is 14.4 Å². The number of nitrogens with one attached hydrogen (secondary N) is 3. The van der Waals surface area contributed by atoms with Gasteiger partial charge in [-0.2, -0.15) is 0 Å². The first-order valence-electron chi connectivity index (χ1n) is 9.81. The van der Waals surface area contributed by atoms with Gasteiger partial charge in [0.15, 0.2) is 0 Å². The highest BCUT2D eigenvalue weighted by molar-refractivity contribution is 5.78. The molecule has 0 spiro atoms. The van der Waals surface area contributed by atoms with E-state index in [9.17, 15) is 19.2 Å². The number of aliphatic carboxylic acids is 1. The van der Waals surface area contributed by atoms with Crippen LogP contribution in [0.4, 0.5) is 0 Å². The van der Waals surface area contributed by atoms with Crippen LogP contribution in [0.5, 0.6) is 0 Å². The predicted octanol–water partition coefficient (Wildman–Crippen LogP) is 0.964. The van der Waals surface area contributed by atoms with Crippen LogP contribution in [0.3, 0.4) is 0 Å². The van der Waals surface area contributed by atoms with E-state index in [0.717, 1.165) is 6.42 Å². The lowest BCUT2D eigenvalue weighted by atomic mass is 10.1. The van der Waals surface area contributed by atoms with Crippen molar-refractivity contribution >= 4 is 24.2 Å². The molecule has 0 radical (unpaired) electrons. The minimum Gasteiger partial charge on any atom is -0.480 e. The van der Waals surface area contributed by atoms with Gasteiger partial charge in [0.2, 0.25) is 18.2 Å². The van der Waals surface area contributed by atoms with E-state index < -0.39 is 12.0 Å². The highest BCUT2D eigenvalue weighted by Gasteiger charge is 2.15. The van der Waals surface area contributed by atoms with Crippen LogP contribution in [0, 0.1) is 0 Å². The smallest absolute Gasteiger partial charge is 0.326 e. The van der Waals surface area contributed by atoms with Gasteiger partial charge in [0, 0.05) is 25.9 Å². The lowest BCUT2D eigenvalue weighted by Crippen LogP contribution is -2.35. The average molecular weight is 402 g/mol. The molecule has 1 unspecified atom stereocenters. The van der Waals surface area contributed by atoms with E-state index in [2.05, 4.69) is 16.0 Å². The number of amides is 3. The third-order valence-corrected chi connectivity index (χ3v) is 4.39. The van der Waals surface area contributed by atoms with Crippen molar-refractivity contribution in [1.82, 2.24) is 16.0 Å². The van der Waals surface area contributed by atoms with Crippen molar-refractivity contribution in [2.45, 2.75) is 77.4 Å². The predicted molar refractivity (Wildman–Crippen MR) is 105 cm³/mol. The van der Waals surface area contributed by atoms with Crippen LogP contribution in [-0.4, -0.2) is 60.6 Å². The first-order chi connectivity index (χ1) is 13.2. The van der Waals surface area contributed by atoms with E-state index in [1.807, 2.05) is 20.8 Å². The Bertz CT molecular complexity index is 496. The monoisotopic (exact) mass is 401 g/mol. The van der Waals surface area contributed by atoms with Crippen molar-refractivity contribution in [2.24, 2.45) is 0 Å². The normalized spacial score (nSPS) is 12.1. The number of carbonyl (C=O) groups is 4. The van der Waals surface area contributed by atoms with Crippen molar-refractivity contribution in [3.63, 3.8) is 0 Å². The summed E-state index contributed by atoms with van der Waals surface area (Å²) in [6.07, 6.45) is 3.76. The number of unbranched alkanes of at least 4 members (excludes halogenated alkanes) is 1. The molecule has 162 valence electrons. The highest BCUT2D eigenvalue weighted by Crippen LogP contribution is 2.12. The molecular formula is C19H35N3O6. The quantitative estimate of drug-likeness (QED) is 0.212. The molecule has 9 heteroatoms. The second-order valence-electron chi connectivity index (χ2n) is 7.19. The minimum absolute atomic E-state index is 0.104. The van der Waals surface area contributed by atoms with E-state index >= 15 is 0 Å². The summed E-state index contributed by atoms with van der Waals surface area (Å²) < 4.78 is 5.64. The Morgan fingerprint density at radius 2 is 1.64 bits per heavy atom. The second kappa shape index (κ2) is 14.8. The Kier molecular flexibility index (Phi) is 13.7. The van der Waals surface area contributed by atoms with Gasteiger partial charge < -0.3 is 25.8 Å². The zero-order valence-electron chi connectivity index (χ0n) is 17.2. The molecule has 1 atom stereocenters. The molecule has 3 amide bonds. The Hall–Kier alpha value is -2.16. The average Bonchev–Trinajstić information content (AvgIpc) is 2.64. The molecule has 28 heavy (non-hydrogen) atoms. The molecule has 0 aliphatic rings. The number of carboxylic acids is 1. The first-order valence-corrected chi connectivity index (χ1v) is 9.81. The molecule has 0 aliphatic heterocycles. The molecule has 0 fully saturated rings. The van der Waals surface area contributed by atoms with Gasteiger partial charge >= 0.3 is 5.97 Å². The zero-order chi connectivity index (χ0) is 21.4. The number of ether oxygens (including phenoxy) is 1. The molecule has 0 aliphatic carbocycles. The summed E-state index contributed by atoms with van der Waals surface area (Å²) in [4.78, 5) is 44.6. The minimum atomic E-state index is -1.07. The maximum absolute atomic E-state index is 11.7. The Labute approximate surface area is 167 Å². The number of hydrogen-bond donors (Lipinski definition) is 4. The Balaban J connectivity index is 3.67. The topological polar surface area (TPSA) is 134 Å². The van der Waals surface area contributed by atoms with Crippen LogP contribution < -0.4 is 16.0 Å². The fraction of sp³-hybridized carbons (Fsp3) is 0.789. The lowest BCUT2D eigenvalue weighted by Gasteiger charge is -2.23. The van der Waals surface area contributed by atoms with E-state index in [1.165, 1.54) is 0 Å². The SMILES string of the molecule is CCC(C)(C)OCCNC(=O)CCCC(=O)NCCCCC(NC=O)C(=O)O. The van der Waals surface area contributed by atoms with E-state index in [-0.39, 0.29) is 30.3 Å². The van der Waals surface area contributed by atoms with Crippen LogP contribution in [0.25, 0.3) is 0 Å². The van der Waals surface area contributed by atoms with Crippen molar-refractivity contribution in [1.29, 1.82) is 0 Å². The molecule has 0 saturated heterocycles. The maximum Gasteiger partial charge on any atom is 0.326 e. The largest absolute Gasteiger partial charge is 0.480 e. The van der Waals surface area contributed by atoms with Crippen molar-refractivity contribution in [3.05, 3.63) is 0 Å². The molecule has 0 aromatic rings. The molecule has 9 nitrogen and oxygen atoms in total. The van der Waals surface area contributed by atoms with Crippen molar-refractivity contribution < 1.29 is 29.0 Å². The number of rotatable bonds is 17. The summed E-state index contributed by atoms with van der Waals surface area (Å²) in [5.74, 6) is -1.32. The molecule has 0 heterocycles. The van der Waals surface area contributed by atoms with Crippen molar-refractivity contribution in [2.75, 3.05) is 19.7 Å². The number of carbonyl (C=O) groups excluding carboxylic acids is 3. The van der Waals surface area contributed by atoms with Gasteiger partial charge in [0.25, 0.3) is 0 Å². The van der Waals surface area contributed by atoms with E-state index in [4.69, 9.17) is 9.84 Å². The van der Waals surface area contributed by atoms with Gasteiger partial charge in [-0.1, -0.05) is 6.92 Å². The molecule has 4 N–H and O–H groups in total. The van der Waals surface area contributed by atoms with Gasteiger partial charge in [-0.25, -0.2) is 4.79 Å². The number of carboxylic acid groups (broad SMARTS) is 1. The first kappa shape index (κ1) is 25.8. The standard InChI is InChI=1S/C19H35N3O6/c1-4-19(2,3)28-13-12-21-17(25)10-7-9-16(24)20-11-6-5-8-15(18(26)27)22-14-23/h14-15H,4-13H2,1-3H3,(H,20,24)(H,21,25)(H,22,23)(H,26,27). The number of hydrogen-bond acceptors (Lipinski definition) is 5. The Morgan fingerprint density at radius 1 is 1.04 bits per heavy atom. The van der Waals surface area contributed by atoms with Crippen molar-refractivity contribution in [3.8, 4) is 0 Å². The van der Waals surface area contributed by atoms with E-state index in [1.54, 1.807) is 0 Å². The molecule has 0 rings (SSSR count). The summed E-state index contributed by atoms with van der Waals surface area (Å²) in [5, 5.41) is 16.6. The maximum atomic E-state index is 11.7. The molecule has 0 bridgehead atoms. The van der Waals surface area contributed by atoms with Gasteiger partial charge in [0.1, 0.15) is 6.04 Å².